The highest BCUT2D eigenvalue weighted by Gasteiger charge is 2.56. The molecule has 8 atom stereocenters. The summed E-state index contributed by atoms with van der Waals surface area (Å²) < 4.78 is 89.6. The van der Waals surface area contributed by atoms with Crippen LogP contribution >= 0.6 is 0 Å². The molecule has 6 unspecified atom stereocenters. The molecule has 0 amide bonds. The van der Waals surface area contributed by atoms with Crippen LogP contribution in [0.3, 0.4) is 0 Å². The predicted molar refractivity (Wildman–Crippen MR) is 110 cm³/mol. The van der Waals surface area contributed by atoms with E-state index in [-0.39, 0.29) is 18.9 Å². The van der Waals surface area contributed by atoms with Crippen molar-refractivity contribution in [2.45, 2.75) is 107 Å². The van der Waals surface area contributed by atoms with Crippen molar-refractivity contribution in [3.8, 4) is 0 Å². The van der Waals surface area contributed by atoms with Gasteiger partial charge in [-0.25, -0.2) is 10.9 Å². The summed E-state index contributed by atoms with van der Waals surface area (Å²) in [6.07, 6.45) is -8.03. The molecule has 4 heterocycles. The van der Waals surface area contributed by atoms with E-state index < -0.39 is 54.9 Å². The van der Waals surface area contributed by atoms with Crippen molar-refractivity contribution in [2.24, 2.45) is 11.8 Å². The fourth-order valence-corrected chi connectivity index (χ4v) is 6.09. The number of nitrogens with one attached hydrogen (secondary N) is 4. The lowest BCUT2D eigenvalue weighted by molar-refractivity contribution is -0.220. The highest BCUT2D eigenvalue weighted by molar-refractivity contribution is 5.03. The molecule has 0 aliphatic carbocycles. The van der Waals surface area contributed by atoms with Gasteiger partial charge in [0.25, 0.3) is 0 Å². The van der Waals surface area contributed by atoms with Crippen LogP contribution < -0.4 is 21.5 Å². The molecular weight excluding hydrogens is 452 g/mol. The summed E-state index contributed by atoms with van der Waals surface area (Å²) in [5.74, 6) is -3.25. The van der Waals surface area contributed by atoms with Crippen molar-refractivity contribution in [3.63, 3.8) is 0 Å². The Hall–Kier alpha value is -0.660. The standard InChI is InChI=1S/C21H35F6N5O/c1-2-28-15-11-14(21(25,26)27)17-29-16(15)19-31-30-18(33-19)13(20(22,23)24)9-5-3-4-7-12-8-6-10-32(12)17/h12-19,28-31H,2-11H2,1H3/t12-,13-,14?,15?,16?,17?,18?,19?/m1/s1. The third-order valence-electron chi connectivity index (χ3n) is 7.68. The largest absolute Gasteiger partial charge is 0.395 e. The van der Waals surface area contributed by atoms with E-state index in [2.05, 4.69) is 21.5 Å². The van der Waals surface area contributed by atoms with E-state index in [0.29, 0.717) is 38.8 Å². The molecule has 192 valence electrons. The van der Waals surface area contributed by atoms with Gasteiger partial charge in [0, 0.05) is 12.1 Å². The molecule has 33 heavy (non-hydrogen) atoms. The van der Waals surface area contributed by atoms with Gasteiger partial charge in [0.1, 0.15) is 12.5 Å². The molecule has 4 N–H and O–H groups in total. The first-order valence-corrected chi connectivity index (χ1v) is 12.1. The summed E-state index contributed by atoms with van der Waals surface area (Å²) in [6, 6.07) is -1.22. The van der Waals surface area contributed by atoms with E-state index in [9.17, 15) is 26.3 Å². The van der Waals surface area contributed by atoms with Crippen molar-refractivity contribution < 1.29 is 31.1 Å². The summed E-state index contributed by atoms with van der Waals surface area (Å²) in [4.78, 5) is 1.96. The minimum Gasteiger partial charge on any atom is -0.340 e. The monoisotopic (exact) mass is 487 g/mol. The number of hydrazine groups is 1. The Morgan fingerprint density at radius 3 is 2.24 bits per heavy atom. The summed E-state index contributed by atoms with van der Waals surface area (Å²) >= 11 is 0. The third-order valence-corrected chi connectivity index (χ3v) is 7.68. The zero-order valence-corrected chi connectivity index (χ0v) is 18.8. The third kappa shape index (κ3) is 5.61. The number of fused-ring (bicyclic) bond motifs is 7. The van der Waals surface area contributed by atoms with Crippen LogP contribution in [0.2, 0.25) is 0 Å². The molecule has 12 heteroatoms. The van der Waals surface area contributed by atoms with Crippen LogP contribution in [0.5, 0.6) is 0 Å². The Bertz CT molecular complexity index is 650. The average molecular weight is 488 g/mol. The number of hydrogen-bond acceptors (Lipinski definition) is 6. The van der Waals surface area contributed by atoms with Gasteiger partial charge < -0.3 is 10.1 Å². The fraction of sp³-hybridized carbons (Fsp3) is 1.00. The van der Waals surface area contributed by atoms with Gasteiger partial charge in [0.15, 0.2) is 0 Å². The molecule has 0 saturated carbocycles. The lowest BCUT2D eigenvalue weighted by Crippen LogP contribution is -2.71. The fourth-order valence-electron chi connectivity index (χ4n) is 6.09. The van der Waals surface area contributed by atoms with Gasteiger partial charge in [0.05, 0.1) is 24.0 Å². The second-order valence-electron chi connectivity index (χ2n) is 9.77. The smallest absolute Gasteiger partial charge is 0.340 e. The van der Waals surface area contributed by atoms with E-state index in [1.807, 2.05) is 4.90 Å². The van der Waals surface area contributed by atoms with Crippen molar-refractivity contribution in [1.82, 2.24) is 26.4 Å². The lowest BCUT2D eigenvalue weighted by atomic mass is 9.84. The summed E-state index contributed by atoms with van der Waals surface area (Å²) in [7, 11) is 0. The number of piperidine rings is 1. The number of alkyl halides is 6. The molecular formula is C21H35F6N5O. The highest BCUT2D eigenvalue weighted by atomic mass is 19.4. The minimum atomic E-state index is -4.43. The van der Waals surface area contributed by atoms with E-state index in [0.717, 1.165) is 12.8 Å². The zero-order valence-electron chi connectivity index (χ0n) is 18.8. The molecule has 0 radical (unpaired) electrons. The van der Waals surface area contributed by atoms with Crippen LogP contribution in [0.4, 0.5) is 26.3 Å². The van der Waals surface area contributed by atoms with Crippen LogP contribution in [0.15, 0.2) is 0 Å². The van der Waals surface area contributed by atoms with E-state index >= 15 is 0 Å². The van der Waals surface area contributed by atoms with Crippen LogP contribution in [-0.2, 0) is 4.74 Å². The number of hydrogen-bond donors (Lipinski definition) is 4. The van der Waals surface area contributed by atoms with Gasteiger partial charge in [-0.15, -0.1) is 0 Å². The Kier molecular flexibility index (Phi) is 7.81. The molecule has 0 aromatic carbocycles. The van der Waals surface area contributed by atoms with Gasteiger partial charge in [-0.05, 0) is 45.2 Å². The van der Waals surface area contributed by atoms with Crippen molar-refractivity contribution in [2.75, 3.05) is 13.1 Å². The van der Waals surface area contributed by atoms with E-state index in [4.69, 9.17) is 4.74 Å². The Labute approximate surface area is 190 Å². The molecule has 0 aromatic heterocycles. The quantitative estimate of drug-likeness (QED) is 0.449. The second-order valence-corrected chi connectivity index (χ2v) is 9.77. The highest BCUT2D eigenvalue weighted by Crippen LogP contribution is 2.41. The van der Waals surface area contributed by atoms with Gasteiger partial charge in [-0.1, -0.05) is 26.2 Å². The number of rotatable bonds is 2. The van der Waals surface area contributed by atoms with Crippen molar-refractivity contribution >= 4 is 0 Å². The van der Waals surface area contributed by atoms with E-state index in [1.54, 1.807) is 6.92 Å². The minimum absolute atomic E-state index is 0.00775. The number of likely N-dealkylation sites (N-methyl/N-ethyl adjacent to an activating group) is 1. The van der Waals surface area contributed by atoms with E-state index in [1.165, 1.54) is 0 Å². The maximum Gasteiger partial charge on any atom is 0.395 e. The molecule has 4 bridgehead atoms. The van der Waals surface area contributed by atoms with Crippen LogP contribution in [0, 0.1) is 11.8 Å². The topological polar surface area (TPSA) is 60.6 Å². The zero-order chi connectivity index (χ0) is 23.8. The molecule has 0 aromatic rings. The summed E-state index contributed by atoms with van der Waals surface area (Å²) in [5, 5.41) is 6.30. The molecule has 4 fully saturated rings. The Morgan fingerprint density at radius 2 is 1.55 bits per heavy atom. The SMILES string of the molecule is CCNC1CC(C(F)(F)F)C2NC1C1NNC(O1)[C@H](C(F)(F)F)CCCCC[C@@H]1CCCN21. The van der Waals surface area contributed by atoms with Crippen LogP contribution in [-0.4, -0.2) is 67.1 Å². The van der Waals surface area contributed by atoms with Gasteiger partial charge in [0.2, 0.25) is 0 Å². The summed E-state index contributed by atoms with van der Waals surface area (Å²) in [6.45, 7) is 2.83. The molecule has 6 nitrogen and oxygen atoms in total. The van der Waals surface area contributed by atoms with Crippen molar-refractivity contribution in [3.05, 3.63) is 0 Å². The maximum atomic E-state index is 14.2. The molecule has 4 aliphatic rings. The first-order valence-electron chi connectivity index (χ1n) is 12.1. The first kappa shape index (κ1) is 25.4. The Morgan fingerprint density at radius 1 is 0.879 bits per heavy atom. The molecule has 4 saturated heterocycles. The Balaban J connectivity index is 1.64. The summed E-state index contributed by atoms with van der Waals surface area (Å²) in [5.41, 5.74) is 5.45. The van der Waals surface area contributed by atoms with Crippen LogP contribution in [0.25, 0.3) is 0 Å². The number of nitrogens with zero attached hydrogens (tertiary/aromatic N) is 1. The number of halogens is 6. The normalized spacial score (nSPS) is 41.5. The van der Waals surface area contributed by atoms with Gasteiger partial charge in [-0.2, -0.15) is 26.3 Å². The lowest BCUT2D eigenvalue weighted by Gasteiger charge is -2.49. The first-order chi connectivity index (χ1) is 15.6. The second kappa shape index (κ2) is 10.1. The average Bonchev–Trinajstić information content (AvgIpc) is 3.38. The van der Waals surface area contributed by atoms with Crippen molar-refractivity contribution in [1.29, 1.82) is 0 Å². The predicted octanol–water partition coefficient (Wildman–Crippen LogP) is 3.21. The molecule has 4 aliphatic heterocycles. The van der Waals surface area contributed by atoms with Gasteiger partial charge >= 0.3 is 12.4 Å². The molecule has 4 rings (SSSR count). The number of ether oxygens (including phenoxy) is 1. The molecule has 0 spiro atoms. The van der Waals surface area contributed by atoms with Gasteiger partial charge in [-0.3, -0.25) is 10.2 Å². The van der Waals surface area contributed by atoms with Crippen LogP contribution in [0.1, 0.15) is 58.3 Å². The maximum absolute atomic E-state index is 14.2.